The molecule has 0 saturated heterocycles. The first-order valence-electron chi connectivity index (χ1n) is 5.62. The molecule has 2 N–H and O–H groups in total. The SMILES string of the molecule is CN[C@@H]1CCc2[nH]c(=O)c3ccccc3c21. The van der Waals surface area contributed by atoms with Gasteiger partial charge in [0.25, 0.3) is 5.56 Å². The van der Waals surface area contributed by atoms with Gasteiger partial charge < -0.3 is 10.3 Å². The van der Waals surface area contributed by atoms with Crippen molar-refractivity contribution in [3.05, 3.63) is 45.9 Å². The van der Waals surface area contributed by atoms with Gasteiger partial charge in [0, 0.05) is 17.1 Å². The fraction of sp³-hybridized carbons (Fsp3) is 0.308. The van der Waals surface area contributed by atoms with E-state index in [2.05, 4.69) is 10.3 Å². The van der Waals surface area contributed by atoms with Crippen LogP contribution in [-0.2, 0) is 6.42 Å². The quantitative estimate of drug-likeness (QED) is 0.759. The van der Waals surface area contributed by atoms with E-state index >= 15 is 0 Å². The lowest BCUT2D eigenvalue weighted by Crippen LogP contribution is -2.16. The number of aromatic amines is 1. The van der Waals surface area contributed by atoms with Gasteiger partial charge in [-0.1, -0.05) is 18.2 Å². The number of pyridine rings is 1. The Bertz CT molecular complexity index is 600. The van der Waals surface area contributed by atoms with Crippen LogP contribution in [0.2, 0.25) is 0 Å². The van der Waals surface area contributed by atoms with Gasteiger partial charge in [0.1, 0.15) is 0 Å². The summed E-state index contributed by atoms with van der Waals surface area (Å²) in [6.45, 7) is 0. The monoisotopic (exact) mass is 214 g/mol. The van der Waals surface area contributed by atoms with Crippen LogP contribution >= 0.6 is 0 Å². The third kappa shape index (κ3) is 1.21. The van der Waals surface area contributed by atoms with Crippen LogP contribution in [0.1, 0.15) is 23.7 Å². The zero-order valence-electron chi connectivity index (χ0n) is 9.21. The Balaban J connectivity index is 2.42. The molecule has 1 heterocycles. The van der Waals surface area contributed by atoms with Crippen LogP contribution in [0.4, 0.5) is 0 Å². The van der Waals surface area contributed by atoms with E-state index in [1.165, 1.54) is 5.56 Å². The average Bonchev–Trinajstić information content (AvgIpc) is 2.72. The predicted octanol–water partition coefficient (Wildman–Crippen LogP) is 1.73. The summed E-state index contributed by atoms with van der Waals surface area (Å²) in [4.78, 5) is 14.9. The maximum Gasteiger partial charge on any atom is 0.256 e. The highest BCUT2D eigenvalue weighted by Gasteiger charge is 2.24. The standard InChI is InChI=1S/C13H14N2O/c1-14-10-6-7-11-12(10)8-4-2-3-5-9(8)13(16)15-11/h2-5,10,14H,6-7H2,1H3,(H,15,16)/t10-/m1/s1. The van der Waals surface area contributed by atoms with Crippen molar-refractivity contribution in [3.8, 4) is 0 Å². The Morgan fingerprint density at radius 3 is 2.81 bits per heavy atom. The number of aryl methyl sites for hydroxylation is 1. The zero-order valence-corrected chi connectivity index (χ0v) is 9.21. The lowest BCUT2D eigenvalue weighted by molar-refractivity contribution is 0.593. The van der Waals surface area contributed by atoms with Crippen LogP contribution in [0, 0.1) is 0 Å². The first-order valence-corrected chi connectivity index (χ1v) is 5.62. The Kier molecular flexibility index (Phi) is 2.07. The second-order valence-corrected chi connectivity index (χ2v) is 4.27. The molecule has 0 spiro atoms. The maximum absolute atomic E-state index is 11.9. The van der Waals surface area contributed by atoms with Crippen molar-refractivity contribution in [2.45, 2.75) is 18.9 Å². The van der Waals surface area contributed by atoms with E-state index < -0.39 is 0 Å². The topological polar surface area (TPSA) is 44.9 Å². The van der Waals surface area contributed by atoms with E-state index in [1.807, 2.05) is 31.3 Å². The fourth-order valence-corrected chi connectivity index (χ4v) is 2.67. The lowest BCUT2D eigenvalue weighted by atomic mass is 10.0. The van der Waals surface area contributed by atoms with Crippen LogP contribution in [0.3, 0.4) is 0 Å². The zero-order chi connectivity index (χ0) is 11.1. The molecule has 1 aromatic heterocycles. The van der Waals surface area contributed by atoms with E-state index in [0.717, 1.165) is 29.3 Å². The third-order valence-electron chi connectivity index (χ3n) is 3.43. The number of rotatable bonds is 1. The molecule has 0 bridgehead atoms. The molecule has 0 aliphatic heterocycles. The normalized spacial score (nSPS) is 18.9. The Hall–Kier alpha value is -1.61. The highest BCUT2D eigenvalue weighted by molar-refractivity contribution is 5.86. The molecule has 0 amide bonds. The predicted molar refractivity (Wildman–Crippen MR) is 64.7 cm³/mol. The molecular formula is C13H14N2O. The minimum atomic E-state index is 0.0334. The van der Waals surface area contributed by atoms with Gasteiger partial charge in [-0.3, -0.25) is 4.79 Å². The van der Waals surface area contributed by atoms with Crippen molar-refractivity contribution in [3.63, 3.8) is 0 Å². The summed E-state index contributed by atoms with van der Waals surface area (Å²) in [7, 11) is 1.97. The molecule has 1 aliphatic rings. The molecule has 3 heteroatoms. The van der Waals surface area contributed by atoms with E-state index in [0.29, 0.717) is 6.04 Å². The molecule has 0 saturated carbocycles. The largest absolute Gasteiger partial charge is 0.325 e. The number of benzene rings is 1. The highest BCUT2D eigenvalue weighted by Crippen LogP contribution is 2.33. The van der Waals surface area contributed by atoms with E-state index in [1.54, 1.807) is 0 Å². The van der Waals surface area contributed by atoms with Crippen LogP contribution in [0.15, 0.2) is 29.1 Å². The van der Waals surface area contributed by atoms with Crippen molar-refractivity contribution in [2.24, 2.45) is 0 Å². The van der Waals surface area contributed by atoms with E-state index in [9.17, 15) is 4.79 Å². The van der Waals surface area contributed by atoms with Gasteiger partial charge in [0.15, 0.2) is 0 Å². The lowest BCUT2D eigenvalue weighted by Gasteiger charge is -2.12. The van der Waals surface area contributed by atoms with E-state index in [4.69, 9.17) is 0 Å². The molecule has 0 unspecified atom stereocenters. The summed E-state index contributed by atoms with van der Waals surface area (Å²) in [5.74, 6) is 0. The minimum absolute atomic E-state index is 0.0334. The summed E-state index contributed by atoms with van der Waals surface area (Å²) in [6, 6.07) is 8.20. The Labute approximate surface area is 93.5 Å². The van der Waals surface area contributed by atoms with Crippen molar-refractivity contribution in [1.82, 2.24) is 10.3 Å². The second kappa shape index (κ2) is 3.46. The summed E-state index contributed by atoms with van der Waals surface area (Å²) in [5, 5.41) is 5.20. The summed E-state index contributed by atoms with van der Waals surface area (Å²) in [6.07, 6.45) is 2.02. The first kappa shape index (κ1) is 9.60. The second-order valence-electron chi connectivity index (χ2n) is 4.27. The van der Waals surface area contributed by atoms with Crippen LogP contribution in [0.5, 0.6) is 0 Å². The van der Waals surface area contributed by atoms with Gasteiger partial charge >= 0.3 is 0 Å². The summed E-state index contributed by atoms with van der Waals surface area (Å²) < 4.78 is 0. The van der Waals surface area contributed by atoms with E-state index in [-0.39, 0.29) is 5.56 Å². The van der Waals surface area contributed by atoms with Gasteiger partial charge in [0.2, 0.25) is 0 Å². The van der Waals surface area contributed by atoms with Crippen LogP contribution in [-0.4, -0.2) is 12.0 Å². The number of H-pyrrole nitrogens is 1. The first-order chi connectivity index (χ1) is 7.81. The molecule has 1 aliphatic carbocycles. The molecule has 0 radical (unpaired) electrons. The number of hydrogen-bond donors (Lipinski definition) is 2. The van der Waals surface area contributed by atoms with Gasteiger partial charge in [0.05, 0.1) is 0 Å². The van der Waals surface area contributed by atoms with Crippen molar-refractivity contribution in [1.29, 1.82) is 0 Å². The number of aromatic nitrogens is 1. The Morgan fingerprint density at radius 2 is 2.06 bits per heavy atom. The fourth-order valence-electron chi connectivity index (χ4n) is 2.67. The molecular weight excluding hydrogens is 200 g/mol. The smallest absolute Gasteiger partial charge is 0.256 e. The molecule has 82 valence electrons. The van der Waals surface area contributed by atoms with Crippen molar-refractivity contribution < 1.29 is 0 Å². The third-order valence-corrected chi connectivity index (χ3v) is 3.43. The molecule has 3 nitrogen and oxygen atoms in total. The molecule has 2 aromatic rings. The number of hydrogen-bond acceptors (Lipinski definition) is 2. The molecule has 3 rings (SSSR count). The maximum atomic E-state index is 11.9. The molecule has 16 heavy (non-hydrogen) atoms. The average molecular weight is 214 g/mol. The summed E-state index contributed by atoms with van der Waals surface area (Å²) in [5.41, 5.74) is 2.41. The summed E-state index contributed by atoms with van der Waals surface area (Å²) >= 11 is 0. The minimum Gasteiger partial charge on any atom is -0.325 e. The van der Waals surface area contributed by atoms with Crippen molar-refractivity contribution in [2.75, 3.05) is 7.05 Å². The van der Waals surface area contributed by atoms with Gasteiger partial charge in [-0.05, 0) is 36.9 Å². The van der Waals surface area contributed by atoms with Gasteiger partial charge in [-0.25, -0.2) is 0 Å². The van der Waals surface area contributed by atoms with Crippen LogP contribution < -0.4 is 10.9 Å². The molecule has 1 atom stereocenters. The molecule has 0 fully saturated rings. The van der Waals surface area contributed by atoms with Crippen molar-refractivity contribution >= 4 is 10.8 Å². The van der Waals surface area contributed by atoms with Gasteiger partial charge in [-0.2, -0.15) is 0 Å². The van der Waals surface area contributed by atoms with Crippen LogP contribution in [0.25, 0.3) is 10.8 Å². The molecule has 1 aromatic carbocycles. The van der Waals surface area contributed by atoms with Gasteiger partial charge in [-0.15, -0.1) is 0 Å². The highest BCUT2D eigenvalue weighted by atomic mass is 16.1. The Morgan fingerprint density at radius 1 is 1.31 bits per heavy atom. The number of fused-ring (bicyclic) bond motifs is 3. The number of nitrogens with one attached hydrogen (secondary N) is 2.